The average molecular weight is 415 g/mol. The molecule has 1 aliphatic rings. The molecule has 148 valence electrons. The van der Waals surface area contributed by atoms with Gasteiger partial charge in [-0.1, -0.05) is 17.7 Å². The van der Waals surface area contributed by atoms with Crippen LogP contribution in [0.5, 0.6) is 0 Å². The van der Waals surface area contributed by atoms with Crippen molar-refractivity contribution in [2.45, 2.75) is 12.7 Å². The van der Waals surface area contributed by atoms with Crippen molar-refractivity contribution in [3.63, 3.8) is 0 Å². The third-order valence-electron chi connectivity index (χ3n) is 4.64. The third kappa shape index (κ3) is 3.61. The lowest BCUT2D eigenvalue weighted by Gasteiger charge is -2.35. The highest BCUT2D eigenvalue weighted by Crippen LogP contribution is 2.28. The van der Waals surface area contributed by atoms with Crippen LogP contribution in [0.15, 0.2) is 30.3 Å². The van der Waals surface area contributed by atoms with E-state index >= 15 is 0 Å². The van der Waals surface area contributed by atoms with Gasteiger partial charge in [-0.3, -0.25) is 4.90 Å². The summed E-state index contributed by atoms with van der Waals surface area (Å²) < 4.78 is 53.7. The second-order valence-electron chi connectivity index (χ2n) is 6.45. The number of nitrogens with zero attached hydrogens (tertiary/aromatic N) is 6. The molecule has 0 amide bonds. The molecule has 1 aliphatic heterocycles. The molecule has 1 aromatic carbocycles. The number of anilines is 1. The van der Waals surface area contributed by atoms with Crippen molar-refractivity contribution in [3.05, 3.63) is 52.6 Å². The van der Waals surface area contributed by atoms with Gasteiger partial charge in [0.1, 0.15) is 11.6 Å². The Morgan fingerprint density at radius 2 is 1.75 bits per heavy atom. The molecule has 28 heavy (non-hydrogen) atoms. The number of rotatable bonds is 3. The Morgan fingerprint density at radius 3 is 2.43 bits per heavy atom. The Bertz CT molecular complexity index is 977. The Labute approximate surface area is 162 Å². The highest BCUT2D eigenvalue weighted by Gasteiger charge is 2.37. The minimum Gasteiger partial charge on any atom is -0.353 e. The molecule has 2 aromatic heterocycles. The minimum absolute atomic E-state index is 0.0314. The molecule has 1 fully saturated rings. The quantitative estimate of drug-likeness (QED) is 0.616. The zero-order valence-corrected chi connectivity index (χ0v) is 15.3. The molecule has 0 N–H and O–H groups in total. The van der Waals surface area contributed by atoms with Gasteiger partial charge in [0.15, 0.2) is 5.65 Å². The fourth-order valence-electron chi connectivity index (χ4n) is 3.17. The largest absolute Gasteiger partial charge is 0.453 e. The number of alkyl halides is 3. The average Bonchev–Trinajstić information content (AvgIpc) is 3.09. The van der Waals surface area contributed by atoms with Gasteiger partial charge >= 0.3 is 6.18 Å². The van der Waals surface area contributed by atoms with Gasteiger partial charge in [-0.2, -0.15) is 17.7 Å². The zero-order valence-electron chi connectivity index (χ0n) is 14.5. The van der Waals surface area contributed by atoms with Crippen LogP contribution < -0.4 is 4.90 Å². The molecule has 0 spiro atoms. The number of piperazine rings is 1. The van der Waals surface area contributed by atoms with Crippen molar-refractivity contribution in [2.24, 2.45) is 0 Å². The smallest absolute Gasteiger partial charge is 0.353 e. The van der Waals surface area contributed by atoms with Crippen LogP contribution in [0, 0.1) is 5.82 Å². The van der Waals surface area contributed by atoms with Crippen LogP contribution in [0.1, 0.15) is 11.4 Å². The molecule has 0 saturated carbocycles. The third-order valence-corrected chi connectivity index (χ3v) is 5.00. The summed E-state index contributed by atoms with van der Waals surface area (Å²) in [5, 5.41) is 11.1. The number of hydrogen-bond donors (Lipinski definition) is 0. The van der Waals surface area contributed by atoms with Crippen LogP contribution in [0.3, 0.4) is 0 Å². The molecule has 0 bridgehead atoms. The van der Waals surface area contributed by atoms with Gasteiger partial charge in [-0.05, 0) is 24.3 Å². The SMILES string of the molecule is Fc1cccc(Cl)c1CN1CCN(c2ccc3nnc(C(F)(F)F)n3n2)CC1. The second kappa shape index (κ2) is 7.17. The molecule has 0 unspecified atom stereocenters. The van der Waals surface area contributed by atoms with Crippen molar-refractivity contribution in [1.29, 1.82) is 0 Å². The summed E-state index contributed by atoms with van der Waals surface area (Å²) in [5.74, 6) is -1.10. The summed E-state index contributed by atoms with van der Waals surface area (Å²) in [4.78, 5) is 3.91. The maximum atomic E-state index is 14.0. The van der Waals surface area contributed by atoms with Crippen molar-refractivity contribution < 1.29 is 17.6 Å². The predicted molar refractivity (Wildman–Crippen MR) is 94.7 cm³/mol. The Morgan fingerprint density at radius 1 is 1.00 bits per heavy atom. The molecular formula is C17H15ClF4N6. The van der Waals surface area contributed by atoms with E-state index in [2.05, 4.69) is 15.3 Å². The summed E-state index contributed by atoms with van der Waals surface area (Å²) in [5.41, 5.74) is 0.473. The van der Waals surface area contributed by atoms with Gasteiger partial charge in [0, 0.05) is 43.3 Å². The maximum Gasteiger partial charge on any atom is 0.453 e. The molecular weight excluding hydrogens is 400 g/mol. The van der Waals surface area contributed by atoms with E-state index in [0.29, 0.717) is 53.6 Å². The van der Waals surface area contributed by atoms with Crippen LogP contribution in [-0.4, -0.2) is 50.9 Å². The molecule has 3 heterocycles. The van der Waals surface area contributed by atoms with Crippen molar-refractivity contribution in [2.75, 3.05) is 31.1 Å². The van der Waals surface area contributed by atoms with E-state index < -0.39 is 12.0 Å². The lowest BCUT2D eigenvalue weighted by Crippen LogP contribution is -2.46. The van der Waals surface area contributed by atoms with Crippen LogP contribution in [0.25, 0.3) is 5.65 Å². The van der Waals surface area contributed by atoms with E-state index in [1.54, 1.807) is 18.2 Å². The van der Waals surface area contributed by atoms with Crippen molar-refractivity contribution in [1.82, 2.24) is 24.7 Å². The molecule has 6 nitrogen and oxygen atoms in total. The molecule has 0 radical (unpaired) electrons. The lowest BCUT2D eigenvalue weighted by atomic mass is 10.2. The summed E-state index contributed by atoms with van der Waals surface area (Å²) >= 11 is 6.08. The first-order chi connectivity index (χ1) is 13.3. The zero-order chi connectivity index (χ0) is 19.9. The highest BCUT2D eigenvalue weighted by atomic mass is 35.5. The molecule has 3 aromatic rings. The fraction of sp³-hybridized carbons (Fsp3) is 0.353. The molecule has 11 heteroatoms. The van der Waals surface area contributed by atoms with E-state index in [4.69, 9.17) is 11.6 Å². The van der Waals surface area contributed by atoms with E-state index in [-0.39, 0.29) is 11.5 Å². The summed E-state index contributed by atoms with van der Waals surface area (Å²) in [6, 6.07) is 7.64. The summed E-state index contributed by atoms with van der Waals surface area (Å²) in [6.07, 6.45) is -4.64. The number of halogens is 5. The fourth-order valence-corrected chi connectivity index (χ4v) is 3.39. The lowest BCUT2D eigenvalue weighted by molar-refractivity contribution is -0.146. The van der Waals surface area contributed by atoms with Crippen LogP contribution >= 0.6 is 11.6 Å². The summed E-state index contributed by atoms with van der Waals surface area (Å²) in [7, 11) is 0. The van der Waals surface area contributed by atoms with Gasteiger partial charge < -0.3 is 4.90 Å². The summed E-state index contributed by atoms with van der Waals surface area (Å²) in [6.45, 7) is 2.63. The molecule has 1 saturated heterocycles. The molecule has 0 aliphatic carbocycles. The molecule has 4 rings (SSSR count). The monoisotopic (exact) mass is 414 g/mol. The van der Waals surface area contributed by atoms with E-state index in [1.165, 1.54) is 12.1 Å². The topological polar surface area (TPSA) is 49.6 Å². The first kappa shape index (κ1) is 18.9. The van der Waals surface area contributed by atoms with Gasteiger partial charge in [0.2, 0.25) is 0 Å². The minimum atomic E-state index is -4.64. The number of aromatic nitrogens is 4. The molecule has 0 atom stereocenters. The number of fused-ring (bicyclic) bond motifs is 1. The van der Waals surface area contributed by atoms with Gasteiger partial charge in [-0.25, -0.2) is 4.39 Å². The number of benzene rings is 1. The van der Waals surface area contributed by atoms with Crippen LogP contribution in [0.4, 0.5) is 23.4 Å². The van der Waals surface area contributed by atoms with Gasteiger partial charge in [-0.15, -0.1) is 15.3 Å². The van der Waals surface area contributed by atoms with E-state index in [9.17, 15) is 17.6 Å². The van der Waals surface area contributed by atoms with Gasteiger partial charge in [0.05, 0.1) is 0 Å². The van der Waals surface area contributed by atoms with Crippen LogP contribution in [-0.2, 0) is 12.7 Å². The predicted octanol–water partition coefficient (Wildman–Crippen LogP) is 3.26. The Hall–Kier alpha value is -2.46. The number of hydrogen-bond acceptors (Lipinski definition) is 5. The normalized spacial score (nSPS) is 16.1. The van der Waals surface area contributed by atoms with E-state index in [0.717, 1.165) is 0 Å². The maximum absolute atomic E-state index is 14.0. The Balaban J connectivity index is 1.48. The van der Waals surface area contributed by atoms with Crippen molar-refractivity contribution >= 4 is 23.1 Å². The van der Waals surface area contributed by atoms with Crippen molar-refractivity contribution in [3.8, 4) is 0 Å². The first-order valence-corrected chi connectivity index (χ1v) is 8.90. The highest BCUT2D eigenvalue weighted by molar-refractivity contribution is 6.31. The van der Waals surface area contributed by atoms with Crippen LogP contribution in [0.2, 0.25) is 5.02 Å². The second-order valence-corrected chi connectivity index (χ2v) is 6.85. The van der Waals surface area contributed by atoms with E-state index in [1.807, 2.05) is 9.80 Å². The standard InChI is InChI=1S/C17H15ClF4N6/c18-12-2-1-3-13(19)11(12)10-26-6-8-27(9-7-26)15-5-4-14-23-24-16(17(20,21)22)28(14)25-15/h1-5H,6-10H2. The Kier molecular flexibility index (Phi) is 4.84. The first-order valence-electron chi connectivity index (χ1n) is 8.53. The van der Waals surface area contributed by atoms with Gasteiger partial charge in [0.25, 0.3) is 5.82 Å².